The number of halogens is 2. The fourth-order valence-corrected chi connectivity index (χ4v) is 0.752. The quantitative estimate of drug-likeness (QED) is 0.554. The molecular formula is C7H12F2N2O3. The summed E-state index contributed by atoms with van der Waals surface area (Å²) in [6.45, 7) is 0.444. The lowest BCUT2D eigenvalue weighted by molar-refractivity contribution is -0.164. The molecule has 7 heteroatoms. The van der Waals surface area contributed by atoms with E-state index in [1.807, 2.05) is 0 Å². The number of nitrogens with two attached hydrogens (primary N) is 1. The predicted molar refractivity (Wildman–Crippen MR) is 43.9 cm³/mol. The lowest BCUT2D eigenvalue weighted by Gasteiger charge is -2.16. The molecule has 5 nitrogen and oxygen atoms in total. The number of rotatable bonds is 6. The van der Waals surface area contributed by atoms with Crippen LogP contribution in [0.25, 0.3) is 0 Å². The van der Waals surface area contributed by atoms with Crippen LogP contribution in [0.1, 0.15) is 13.3 Å². The second-order valence-corrected chi connectivity index (χ2v) is 2.96. The number of alkyl halides is 2. The van der Waals surface area contributed by atoms with Crippen LogP contribution in [0.3, 0.4) is 0 Å². The van der Waals surface area contributed by atoms with Crippen molar-refractivity contribution >= 4 is 11.9 Å². The van der Waals surface area contributed by atoms with Crippen molar-refractivity contribution in [2.45, 2.75) is 25.3 Å². The van der Waals surface area contributed by atoms with Crippen LogP contribution in [0.5, 0.6) is 0 Å². The molecule has 0 aromatic rings. The summed E-state index contributed by atoms with van der Waals surface area (Å²) in [4.78, 5) is 20.3. The van der Waals surface area contributed by atoms with Crippen LogP contribution in [-0.2, 0) is 9.59 Å². The predicted octanol–water partition coefficient (Wildman–Crippen LogP) is -0.440. The fraction of sp³-hybridized carbons (Fsp3) is 0.714. The number of primary amides is 1. The Kier molecular flexibility index (Phi) is 4.42. The van der Waals surface area contributed by atoms with Crippen LogP contribution in [-0.4, -0.2) is 35.5 Å². The van der Waals surface area contributed by atoms with Crippen molar-refractivity contribution in [3.8, 4) is 0 Å². The highest BCUT2D eigenvalue weighted by Gasteiger charge is 2.38. The molecule has 0 heterocycles. The molecule has 4 N–H and O–H groups in total. The molecule has 0 saturated heterocycles. The monoisotopic (exact) mass is 210 g/mol. The number of carbonyl (C=O) groups is 2. The Morgan fingerprint density at radius 2 is 2.07 bits per heavy atom. The Morgan fingerprint density at radius 1 is 1.57 bits per heavy atom. The Balaban J connectivity index is 3.93. The van der Waals surface area contributed by atoms with Gasteiger partial charge in [-0.25, -0.2) is 4.79 Å². The van der Waals surface area contributed by atoms with Crippen molar-refractivity contribution in [2.75, 3.05) is 6.54 Å². The highest BCUT2D eigenvalue weighted by molar-refractivity contribution is 5.75. The van der Waals surface area contributed by atoms with Crippen LogP contribution in [0.15, 0.2) is 0 Å². The minimum absolute atomic E-state index is 0.115. The molecule has 0 aliphatic carbocycles. The molecule has 0 rings (SSSR count). The van der Waals surface area contributed by atoms with Crippen LogP contribution >= 0.6 is 0 Å². The number of aliphatic carboxylic acids is 1. The van der Waals surface area contributed by atoms with Crippen LogP contribution in [0, 0.1) is 0 Å². The van der Waals surface area contributed by atoms with Gasteiger partial charge in [0.2, 0.25) is 5.91 Å². The molecule has 82 valence electrons. The highest BCUT2D eigenvalue weighted by atomic mass is 19.3. The third-order valence-electron chi connectivity index (χ3n) is 1.49. The number of amides is 1. The van der Waals surface area contributed by atoms with Gasteiger partial charge in [0.25, 0.3) is 0 Å². The second-order valence-electron chi connectivity index (χ2n) is 2.96. The Bertz CT molecular complexity index is 233. The SMILES string of the molecule is CC(CC(N)=O)NCC(F)(F)C(=O)O. The molecule has 14 heavy (non-hydrogen) atoms. The normalized spacial score (nSPS) is 13.6. The number of nitrogens with one attached hydrogen (secondary N) is 1. The van der Waals surface area contributed by atoms with E-state index in [4.69, 9.17) is 10.8 Å². The van der Waals surface area contributed by atoms with Crippen molar-refractivity contribution in [1.82, 2.24) is 5.32 Å². The lowest BCUT2D eigenvalue weighted by atomic mass is 10.2. The summed E-state index contributed by atoms with van der Waals surface area (Å²) >= 11 is 0. The van der Waals surface area contributed by atoms with Crippen LogP contribution < -0.4 is 11.1 Å². The third kappa shape index (κ3) is 4.70. The summed E-state index contributed by atoms with van der Waals surface area (Å²) in [6.07, 6.45) is -0.115. The van der Waals surface area contributed by atoms with Gasteiger partial charge in [-0.05, 0) is 6.92 Å². The van der Waals surface area contributed by atoms with E-state index in [-0.39, 0.29) is 6.42 Å². The standard InChI is InChI=1S/C7H12F2N2O3/c1-4(2-5(10)12)11-3-7(8,9)6(13)14/h4,11H,2-3H2,1H3,(H2,10,12)(H,13,14). The first-order valence-electron chi connectivity index (χ1n) is 3.88. The van der Waals surface area contributed by atoms with E-state index in [0.717, 1.165) is 0 Å². The van der Waals surface area contributed by atoms with Gasteiger partial charge in [0, 0.05) is 12.5 Å². The summed E-state index contributed by atoms with van der Waals surface area (Å²) in [5, 5.41) is 10.3. The van der Waals surface area contributed by atoms with E-state index in [1.54, 1.807) is 0 Å². The van der Waals surface area contributed by atoms with Crippen LogP contribution in [0.2, 0.25) is 0 Å². The van der Waals surface area contributed by atoms with Gasteiger partial charge in [-0.3, -0.25) is 4.79 Å². The van der Waals surface area contributed by atoms with E-state index >= 15 is 0 Å². The molecule has 0 aromatic heterocycles. The summed E-state index contributed by atoms with van der Waals surface area (Å²) in [7, 11) is 0. The zero-order valence-electron chi connectivity index (χ0n) is 7.59. The van der Waals surface area contributed by atoms with Crippen molar-refractivity contribution in [2.24, 2.45) is 5.73 Å². The first-order chi connectivity index (χ1) is 6.25. The molecule has 0 aromatic carbocycles. The van der Waals surface area contributed by atoms with Gasteiger partial charge in [-0.15, -0.1) is 0 Å². The fourth-order valence-electron chi connectivity index (χ4n) is 0.752. The van der Waals surface area contributed by atoms with Gasteiger partial charge in [0.05, 0.1) is 6.54 Å². The van der Waals surface area contributed by atoms with Crippen molar-refractivity contribution in [3.63, 3.8) is 0 Å². The number of carboxylic acid groups (broad SMARTS) is 1. The van der Waals surface area contributed by atoms with Crippen LogP contribution in [0.4, 0.5) is 8.78 Å². The van der Waals surface area contributed by atoms with Gasteiger partial charge in [-0.1, -0.05) is 0 Å². The van der Waals surface area contributed by atoms with E-state index < -0.39 is 30.4 Å². The summed E-state index contributed by atoms with van der Waals surface area (Å²) < 4.78 is 24.9. The number of carboxylic acids is 1. The van der Waals surface area contributed by atoms with Crippen molar-refractivity contribution in [1.29, 1.82) is 0 Å². The molecular weight excluding hydrogens is 198 g/mol. The van der Waals surface area contributed by atoms with Gasteiger partial charge in [-0.2, -0.15) is 8.78 Å². The Hall–Kier alpha value is -1.24. The topological polar surface area (TPSA) is 92.4 Å². The van der Waals surface area contributed by atoms with E-state index in [2.05, 4.69) is 5.32 Å². The van der Waals surface area contributed by atoms with Gasteiger partial charge in [0.15, 0.2) is 0 Å². The van der Waals surface area contributed by atoms with E-state index in [9.17, 15) is 18.4 Å². The molecule has 0 aliphatic rings. The molecule has 0 saturated carbocycles. The first-order valence-corrected chi connectivity index (χ1v) is 3.88. The maximum atomic E-state index is 12.5. The van der Waals surface area contributed by atoms with Crippen molar-refractivity contribution < 1.29 is 23.5 Å². The maximum absolute atomic E-state index is 12.5. The average Bonchev–Trinajstić information content (AvgIpc) is 1.99. The van der Waals surface area contributed by atoms with Crippen molar-refractivity contribution in [3.05, 3.63) is 0 Å². The smallest absolute Gasteiger partial charge is 0.375 e. The Morgan fingerprint density at radius 3 is 2.43 bits per heavy atom. The molecule has 0 fully saturated rings. The largest absolute Gasteiger partial charge is 0.477 e. The van der Waals surface area contributed by atoms with E-state index in [1.165, 1.54) is 6.92 Å². The highest BCUT2D eigenvalue weighted by Crippen LogP contribution is 2.11. The summed E-state index contributed by atoms with van der Waals surface area (Å²) in [5.74, 6) is -6.66. The molecule has 0 radical (unpaired) electrons. The number of carbonyl (C=O) groups excluding carboxylic acids is 1. The number of hydrogen-bond acceptors (Lipinski definition) is 3. The molecule has 1 unspecified atom stereocenters. The molecule has 0 spiro atoms. The molecule has 0 aliphatic heterocycles. The zero-order valence-corrected chi connectivity index (χ0v) is 7.59. The molecule has 1 atom stereocenters. The minimum Gasteiger partial charge on any atom is -0.477 e. The van der Waals surface area contributed by atoms with Gasteiger partial charge < -0.3 is 16.2 Å². The van der Waals surface area contributed by atoms with Gasteiger partial charge in [0.1, 0.15) is 0 Å². The Labute approximate surface area is 79.3 Å². The van der Waals surface area contributed by atoms with Gasteiger partial charge >= 0.3 is 11.9 Å². The average molecular weight is 210 g/mol. The summed E-state index contributed by atoms with van der Waals surface area (Å²) in [6, 6.07) is -0.572. The second kappa shape index (κ2) is 4.85. The third-order valence-corrected chi connectivity index (χ3v) is 1.49. The molecule has 0 bridgehead atoms. The minimum atomic E-state index is -3.83. The van der Waals surface area contributed by atoms with E-state index in [0.29, 0.717) is 0 Å². The zero-order chi connectivity index (χ0) is 11.4. The summed E-state index contributed by atoms with van der Waals surface area (Å²) in [5.41, 5.74) is 4.81. The number of hydrogen-bond donors (Lipinski definition) is 3. The lowest BCUT2D eigenvalue weighted by Crippen LogP contribution is -2.43. The first kappa shape index (κ1) is 12.8. The molecule has 1 amide bonds. The maximum Gasteiger partial charge on any atom is 0.375 e.